The summed E-state index contributed by atoms with van der Waals surface area (Å²) >= 11 is 0. The second kappa shape index (κ2) is 9.92. The molecule has 24 heavy (non-hydrogen) atoms. The summed E-state index contributed by atoms with van der Waals surface area (Å²) in [6, 6.07) is -2.21. The van der Waals surface area contributed by atoms with E-state index in [4.69, 9.17) is 9.47 Å². The third kappa shape index (κ3) is 7.45. The van der Waals surface area contributed by atoms with E-state index in [0.717, 1.165) is 0 Å². The molecule has 0 spiro atoms. The SMILES string of the molecule is C=CCOC(=O)NC(C(=O)NC(C(=O)OCC)C(C)(C)O)C(C)C. The van der Waals surface area contributed by atoms with Crippen LogP contribution >= 0.6 is 0 Å². The molecule has 2 amide bonds. The predicted molar refractivity (Wildman–Crippen MR) is 88.2 cm³/mol. The number of aliphatic hydroxyl groups is 1. The lowest BCUT2D eigenvalue weighted by atomic mass is 9.97. The average Bonchev–Trinajstić information content (AvgIpc) is 2.46. The summed E-state index contributed by atoms with van der Waals surface area (Å²) in [5, 5.41) is 15.0. The van der Waals surface area contributed by atoms with Crippen molar-refractivity contribution < 1.29 is 29.0 Å². The van der Waals surface area contributed by atoms with E-state index in [1.165, 1.54) is 19.9 Å². The molecule has 2 unspecified atom stereocenters. The normalized spacial score (nSPS) is 13.6. The van der Waals surface area contributed by atoms with Gasteiger partial charge in [0.15, 0.2) is 6.04 Å². The molecule has 0 aromatic rings. The van der Waals surface area contributed by atoms with Crippen LogP contribution in [0.2, 0.25) is 0 Å². The van der Waals surface area contributed by atoms with Crippen LogP contribution in [0.3, 0.4) is 0 Å². The van der Waals surface area contributed by atoms with Crippen molar-refractivity contribution in [2.24, 2.45) is 5.92 Å². The van der Waals surface area contributed by atoms with E-state index in [-0.39, 0.29) is 19.1 Å². The fraction of sp³-hybridized carbons (Fsp3) is 0.688. The van der Waals surface area contributed by atoms with Crippen LogP contribution in [-0.2, 0) is 19.1 Å². The van der Waals surface area contributed by atoms with Crippen molar-refractivity contribution in [2.75, 3.05) is 13.2 Å². The van der Waals surface area contributed by atoms with Crippen LogP contribution in [0.5, 0.6) is 0 Å². The number of hydrogen-bond acceptors (Lipinski definition) is 6. The summed E-state index contributed by atoms with van der Waals surface area (Å²) in [5.74, 6) is -1.65. The van der Waals surface area contributed by atoms with E-state index in [9.17, 15) is 19.5 Å². The minimum absolute atomic E-state index is 0.00733. The second-order valence-corrected chi connectivity index (χ2v) is 6.10. The van der Waals surface area contributed by atoms with Gasteiger partial charge in [0.1, 0.15) is 12.6 Å². The molecule has 2 atom stereocenters. The smallest absolute Gasteiger partial charge is 0.408 e. The molecular formula is C16H28N2O6. The largest absolute Gasteiger partial charge is 0.464 e. The molecule has 0 fully saturated rings. The van der Waals surface area contributed by atoms with Crippen molar-refractivity contribution in [2.45, 2.75) is 52.3 Å². The van der Waals surface area contributed by atoms with E-state index in [2.05, 4.69) is 17.2 Å². The maximum atomic E-state index is 12.4. The molecule has 8 heteroatoms. The predicted octanol–water partition coefficient (Wildman–Crippen LogP) is 0.742. The lowest BCUT2D eigenvalue weighted by molar-refractivity contribution is -0.154. The highest BCUT2D eigenvalue weighted by Crippen LogP contribution is 2.12. The van der Waals surface area contributed by atoms with E-state index in [1.54, 1.807) is 20.8 Å². The van der Waals surface area contributed by atoms with Crippen molar-refractivity contribution in [1.29, 1.82) is 0 Å². The van der Waals surface area contributed by atoms with Gasteiger partial charge in [-0.3, -0.25) is 4.79 Å². The molecule has 0 saturated carbocycles. The maximum Gasteiger partial charge on any atom is 0.408 e. The third-order valence-electron chi connectivity index (χ3n) is 3.07. The highest BCUT2D eigenvalue weighted by molar-refractivity contribution is 5.90. The molecule has 0 heterocycles. The van der Waals surface area contributed by atoms with Crippen LogP contribution < -0.4 is 10.6 Å². The number of esters is 1. The molecule has 0 aromatic heterocycles. The molecule has 0 rings (SSSR count). The van der Waals surface area contributed by atoms with Gasteiger partial charge in [0.05, 0.1) is 12.2 Å². The highest BCUT2D eigenvalue weighted by Gasteiger charge is 2.38. The second-order valence-electron chi connectivity index (χ2n) is 6.10. The van der Waals surface area contributed by atoms with Gasteiger partial charge in [0.25, 0.3) is 0 Å². The van der Waals surface area contributed by atoms with Gasteiger partial charge in [0.2, 0.25) is 5.91 Å². The van der Waals surface area contributed by atoms with Crippen molar-refractivity contribution >= 4 is 18.0 Å². The number of amides is 2. The van der Waals surface area contributed by atoms with Crippen LogP contribution in [0.1, 0.15) is 34.6 Å². The lowest BCUT2D eigenvalue weighted by Gasteiger charge is -2.30. The van der Waals surface area contributed by atoms with Gasteiger partial charge in [-0.1, -0.05) is 26.5 Å². The molecule has 0 radical (unpaired) electrons. The number of ether oxygens (including phenoxy) is 2. The minimum Gasteiger partial charge on any atom is -0.464 e. The first-order valence-electron chi connectivity index (χ1n) is 7.78. The average molecular weight is 344 g/mol. The third-order valence-corrected chi connectivity index (χ3v) is 3.07. The van der Waals surface area contributed by atoms with Crippen LogP contribution in [-0.4, -0.2) is 54.0 Å². The Morgan fingerprint density at radius 3 is 2.21 bits per heavy atom. The molecule has 0 aliphatic heterocycles. The van der Waals surface area contributed by atoms with E-state index < -0.39 is 35.7 Å². The first-order valence-corrected chi connectivity index (χ1v) is 7.78. The summed E-state index contributed by atoms with van der Waals surface area (Å²) in [4.78, 5) is 36.0. The Bertz CT molecular complexity index is 456. The molecule has 0 aliphatic rings. The summed E-state index contributed by atoms with van der Waals surface area (Å²) in [7, 11) is 0. The minimum atomic E-state index is -1.53. The zero-order valence-corrected chi connectivity index (χ0v) is 14.9. The molecule has 0 saturated heterocycles. The van der Waals surface area contributed by atoms with Crippen molar-refractivity contribution in [3.63, 3.8) is 0 Å². The Kier molecular flexibility index (Phi) is 9.05. The highest BCUT2D eigenvalue weighted by atomic mass is 16.5. The van der Waals surface area contributed by atoms with Gasteiger partial charge in [-0.25, -0.2) is 9.59 Å². The number of hydrogen-bond donors (Lipinski definition) is 3. The quantitative estimate of drug-likeness (QED) is 0.420. The van der Waals surface area contributed by atoms with Crippen LogP contribution in [0.4, 0.5) is 4.79 Å². The van der Waals surface area contributed by atoms with Crippen molar-refractivity contribution in [3.8, 4) is 0 Å². The molecule has 3 N–H and O–H groups in total. The first-order chi connectivity index (χ1) is 11.0. The zero-order valence-electron chi connectivity index (χ0n) is 14.9. The van der Waals surface area contributed by atoms with E-state index in [1.807, 2.05) is 0 Å². The van der Waals surface area contributed by atoms with Crippen LogP contribution in [0, 0.1) is 5.92 Å². The van der Waals surface area contributed by atoms with Gasteiger partial charge in [-0.05, 0) is 26.7 Å². The topological polar surface area (TPSA) is 114 Å². The van der Waals surface area contributed by atoms with E-state index >= 15 is 0 Å². The van der Waals surface area contributed by atoms with Crippen molar-refractivity contribution in [1.82, 2.24) is 10.6 Å². The standard InChI is InChI=1S/C16H28N2O6/c1-7-9-24-15(21)17-11(10(3)4)13(19)18-12(16(5,6)22)14(20)23-8-2/h7,10-12,22H,1,8-9H2,2-6H3,(H,17,21)(H,18,19). The molecule has 138 valence electrons. The molecule has 0 bridgehead atoms. The Morgan fingerprint density at radius 2 is 1.79 bits per heavy atom. The number of alkyl carbamates (subject to hydrolysis) is 1. The van der Waals surface area contributed by atoms with Gasteiger partial charge < -0.3 is 25.2 Å². The fourth-order valence-corrected chi connectivity index (χ4v) is 1.82. The maximum absolute atomic E-state index is 12.4. The van der Waals surface area contributed by atoms with Crippen LogP contribution in [0.25, 0.3) is 0 Å². The van der Waals surface area contributed by atoms with Gasteiger partial charge in [0, 0.05) is 0 Å². The molecular weight excluding hydrogens is 316 g/mol. The Labute approximate surface area is 142 Å². The van der Waals surface area contributed by atoms with Gasteiger partial charge >= 0.3 is 12.1 Å². The number of carbonyl (C=O) groups is 3. The Hall–Kier alpha value is -2.09. The number of carbonyl (C=O) groups excluding carboxylic acids is 3. The van der Waals surface area contributed by atoms with E-state index in [0.29, 0.717) is 0 Å². The number of nitrogens with one attached hydrogen (secondary N) is 2. The lowest BCUT2D eigenvalue weighted by Crippen LogP contribution is -2.59. The summed E-state index contributed by atoms with van der Waals surface area (Å²) in [6.45, 7) is 11.4. The number of rotatable bonds is 9. The Balaban J connectivity index is 5.10. The Morgan fingerprint density at radius 1 is 1.21 bits per heavy atom. The van der Waals surface area contributed by atoms with Gasteiger partial charge in [-0.15, -0.1) is 0 Å². The first kappa shape index (κ1) is 21.9. The zero-order chi connectivity index (χ0) is 18.9. The summed E-state index contributed by atoms with van der Waals surface area (Å²) in [5.41, 5.74) is -1.53. The molecule has 8 nitrogen and oxygen atoms in total. The molecule has 0 aromatic carbocycles. The monoisotopic (exact) mass is 344 g/mol. The van der Waals surface area contributed by atoms with Gasteiger partial charge in [-0.2, -0.15) is 0 Å². The fourth-order valence-electron chi connectivity index (χ4n) is 1.82. The summed E-state index contributed by atoms with van der Waals surface area (Å²) < 4.78 is 9.66. The molecule has 0 aliphatic carbocycles. The van der Waals surface area contributed by atoms with Crippen LogP contribution in [0.15, 0.2) is 12.7 Å². The van der Waals surface area contributed by atoms with Crippen molar-refractivity contribution in [3.05, 3.63) is 12.7 Å². The summed E-state index contributed by atoms with van der Waals surface area (Å²) in [6.07, 6.45) is 0.620.